The fraction of sp³-hybridized carbons (Fsp3) is 0.0833. The second kappa shape index (κ2) is 4.93. The highest BCUT2D eigenvalue weighted by Crippen LogP contribution is 2.06. The number of hydrogen-bond donors (Lipinski definition) is 0. The van der Waals surface area contributed by atoms with Gasteiger partial charge in [0.25, 0.3) is 5.56 Å². The zero-order valence-corrected chi connectivity index (χ0v) is 9.59. The number of carbonyl (C=O) groups is 1. The van der Waals surface area contributed by atoms with E-state index in [9.17, 15) is 9.59 Å². The summed E-state index contributed by atoms with van der Waals surface area (Å²) in [7, 11) is 0. The molecule has 0 saturated carbocycles. The Morgan fingerprint density at radius 1 is 1.29 bits per heavy atom. The summed E-state index contributed by atoms with van der Waals surface area (Å²) in [5, 5.41) is -0.0608. The number of hydrogen-bond acceptors (Lipinski definition) is 3. The second-order valence-corrected chi connectivity index (χ2v) is 3.84. The van der Waals surface area contributed by atoms with Crippen molar-refractivity contribution >= 4 is 17.9 Å². The standard InChI is InChI=1S/C12H9ClN2O2/c13-11-10(7-16)12(17)15(8-14-11)6-9-4-2-1-3-5-9/h1-5,7-8H,6H2. The van der Waals surface area contributed by atoms with E-state index in [-0.39, 0.29) is 10.7 Å². The summed E-state index contributed by atoms with van der Waals surface area (Å²) in [6.45, 7) is 0.366. The van der Waals surface area contributed by atoms with Crippen LogP contribution in [0.1, 0.15) is 15.9 Å². The minimum absolute atomic E-state index is 0.0608. The van der Waals surface area contributed by atoms with Gasteiger partial charge in [0, 0.05) is 0 Å². The van der Waals surface area contributed by atoms with Gasteiger partial charge in [-0.3, -0.25) is 14.2 Å². The normalized spacial score (nSPS) is 10.2. The first-order valence-electron chi connectivity index (χ1n) is 4.96. The Morgan fingerprint density at radius 2 is 2.00 bits per heavy atom. The van der Waals surface area contributed by atoms with E-state index < -0.39 is 5.56 Å². The van der Waals surface area contributed by atoms with E-state index in [4.69, 9.17) is 11.6 Å². The molecule has 2 aromatic rings. The van der Waals surface area contributed by atoms with Crippen LogP contribution in [-0.2, 0) is 6.54 Å². The number of carbonyl (C=O) groups excluding carboxylic acids is 1. The maximum Gasteiger partial charge on any atom is 0.265 e. The molecule has 1 aromatic carbocycles. The van der Waals surface area contributed by atoms with Crippen LogP contribution in [0.15, 0.2) is 41.5 Å². The molecule has 17 heavy (non-hydrogen) atoms. The molecule has 0 spiro atoms. The van der Waals surface area contributed by atoms with Gasteiger partial charge in [0.05, 0.1) is 12.9 Å². The molecule has 0 bridgehead atoms. The number of aromatic nitrogens is 2. The predicted molar refractivity (Wildman–Crippen MR) is 64.4 cm³/mol. The van der Waals surface area contributed by atoms with Gasteiger partial charge in [0.2, 0.25) is 0 Å². The van der Waals surface area contributed by atoms with Crippen LogP contribution < -0.4 is 5.56 Å². The number of aldehydes is 1. The molecule has 5 heteroatoms. The Hall–Kier alpha value is -1.94. The smallest absolute Gasteiger partial charge is 0.265 e. The predicted octanol–water partition coefficient (Wildman–Crippen LogP) is 1.76. The van der Waals surface area contributed by atoms with E-state index >= 15 is 0 Å². The lowest BCUT2D eigenvalue weighted by molar-refractivity contribution is 0.112. The number of halogens is 1. The van der Waals surface area contributed by atoms with Crippen molar-refractivity contribution in [2.75, 3.05) is 0 Å². The zero-order chi connectivity index (χ0) is 12.3. The Morgan fingerprint density at radius 3 is 2.65 bits per heavy atom. The van der Waals surface area contributed by atoms with E-state index in [0.717, 1.165) is 5.56 Å². The third-order valence-electron chi connectivity index (χ3n) is 2.34. The summed E-state index contributed by atoms with van der Waals surface area (Å²) in [6.07, 6.45) is 1.77. The van der Waals surface area contributed by atoms with Crippen LogP contribution >= 0.6 is 11.6 Å². The summed E-state index contributed by atoms with van der Waals surface area (Å²) < 4.78 is 1.35. The van der Waals surface area contributed by atoms with Gasteiger partial charge in [-0.15, -0.1) is 0 Å². The highest BCUT2D eigenvalue weighted by molar-refractivity contribution is 6.31. The van der Waals surface area contributed by atoms with Crippen LogP contribution in [0.4, 0.5) is 0 Å². The summed E-state index contributed by atoms with van der Waals surface area (Å²) >= 11 is 5.65. The van der Waals surface area contributed by atoms with Crippen molar-refractivity contribution in [2.45, 2.75) is 6.54 Å². The molecular weight excluding hydrogens is 240 g/mol. The quantitative estimate of drug-likeness (QED) is 0.614. The number of benzene rings is 1. The van der Waals surface area contributed by atoms with Gasteiger partial charge >= 0.3 is 0 Å². The molecule has 0 N–H and O–H groups in total. The Bertz CT molecular complexity index is 593. The average molecular weight is 249 g/mol. The SMILES string of the molecule is O=Cc1c(Cl)ncn(Cc2ccccc2)c1=O. The van der Waals surface area contributed by atoms with Gasteiger partial charge in [-0.05, 0) is 5.56 Å². The van der Waals surface area contributed by atoms with Gasteiger partial charge in [-0.1, -0.05) is 41.9 Å². The van der Waals surface area contributed by atoms with Gasteiger partial charge < -0.3 is 0 Å². The highest BCUT2D eigenvalue weighted by atomic mass is 35.5. The van der Waals surface area contributed by atoms with Gasteiger partial charge in [0.1, 0.15) is 10.7 Å². The molecule has 0 atom stereocenters. The summed E-state index contributed by atoms with van der Waals surface area (Å²) in [4.78, 5) is 26.4. The number of rotatable bonds is 3. The first-order valence-corrected chi connectivity index (χ1v) is 5.34. The van der Waals surface area contributed by atoms with Crippen molar-refractivity contribution in [3.05, 3.63) is 63.3 Å². The van der Waals surface area contributed by atoms with Crippen molar-refractivity contribution in [3.63, 3.8) is 0 Å². The van der Waals surface area contributed by atoms with Crippen LogP contribution in [0.3, 0.4) is 0 Å². The molecular formula is C12H9ClN2O2. The third-order valence-corrected chi connectivity index (χ3v) is 2.64. The second-order valence-electron chi connectivity index (χ2n) is 3.49. The molecule has 86 valence electrons. The molecule has 0 fully saturated rings. The molecule has 0 amide bonds. The molecule has 2 rings (SSSR count). The monoisotopic (exact) mass is 248 g/mol. The molecule has 0 unspecified atom stereocenters. The molecule has 0 aliphatic heterocycles. The summed E-state index contributed by atoms with van der Waals surface area (Å²) in [5.74, 6) is 0. The van der Waals surface area contributed by atoms with Gasteiger partial charge in [0.15, 0.2) is 6.29 Å². The maximum atomic E-state index is 11.8. The highest BCUT2D eigenvalue weighted by Gasteiger charge is 2.08. The van der Waals surface area contributed by atoms with Crippen LogP contribution in [0.25, 0.3) is 0 Å². The largest absolute Gasteiger partial charge is 0.298 e. The Balaban J connectivity index is 2.41. The minimum Gasteiger partial charge on any atom is -0.298 e. The van der Waals surface area contributed by atoms with Crippen molar-refractivity contribution in [1.82, 2.24) is 9.55 Å². The first-order chi connectivity index (χ1) is 8.22. The summed E-state index contributed by atoms with van der Waals surface area (Å²) in [6, 6.07) is 9.43. The van der Waals surface area contributed by atoms with E-state index in [1.54, 1.807) is 0 Å². The van der Waals surface area contributed by atoms with E-state index in [1.165, 1.54) is 10.9 Å². The summed E-state index contributed by atoms with van der Waals surface area (Å²) in [5.41, 5.74) is 0.421. The topological polar surface area (TPSA) is 52.0 Å². The molecule has 0 radical (unpaired) electrons. The number of nitrogens with zero attached hydrogens (tertiary/aromatic N) is 2. The molecule has 1 heterocycles. The molecule has 0 aliphatic rings. The lowest BCUT2D eigenvalue weighted by Gasteiger charge is -2.06. The first kappa shape index (κ1) is 11.5. The maximum absolute atomic E-state index is 11.8. The molecule has 1 aromatic heterocycles. The van der Waals surface area contributed by atoms with E-state index in [1.807, 2.05) is 30.3 Å². The lowest BCUT2D eigenvalue weighted by Crippen LogP contribution is -2.24. The van der Waals surface area contributed by atoms with Crippen molar-refractivity contribution in [2.24, 2.45) is 0 Å². The van der Waals surface area contributed by atoms with Crippen LogP contribution in [0.5, 0.6) is 0 Å². The van der Waals surface area contributed by atoms with Crippen LogP contribution in [-0.4, -0.2) is 15.8 Å². The molecule has 4 nitrogen and oxygen atoms in total. The lowest BCUT2D eigenvalue weighted by atomic mass is 10.2. The van der Waals surface area contributed by atoms with Gasteiger partial charge in [-0.25, -0.2) is 4.98 Å². The van der Waals surface area contributed by atoms with Gasteiger partial charge in [-0.2, -0.15) is 0 Å². The van der Waals surface area contributed by atoms with Crippen molar-refractivity contribution in [1.29, 1.82) is 0 Å². The minimum atomic E-state index is -0.427. The fourth-order valence-corrected chi connectivity index (χ4v) is 1.65. The van der Waals surface area contributed by atoms with E-state index in [0.29, 0.717) is 12.8 Å². The average Bonchev–Trinajstić information content (AvgIpc) is 2.35. The van der Waals surface area contributed by atoms with Crippen molar-refractivity contribution < 1.29 is 4.79 Å². The Kier molecular flexibility index (Phi) is 3.35. The van der Waals surface area contributed by atoms with Crippen molar-refractivity contribution in [3.8, 4) is 0 Å². The van der Waals surface area contributed by atoms with E-state index in [2.05, 4.69) is 4.98 Å². The van der Waals surface area contributed by atoms with Crippen LogP contribution in [0, 0.1) is 0 Å². The Labute approximate surface area is 102 Å². The third kappa shape index (κ3) is 2.42. The molecule has 0 aliphatic carbocycles. The van der Waals surface area contributed by atoms with Crippen LogP contribution in [0.2, 0.25) is 5.15 Å². The molecule has 0 saturated heterocycles. The fourth-order valence-electron chi connectivity index (χ4n) is 1.48. The zero-order valence-electron chi connectivity index (χ0n) is 8.84.